The highest BCUT2D eigenvalue weighted by Gasteiger charge is 2.05. The Bertz CT molecular complexity index is 629. The highest BCUT2D eigenvalue weighted by atomic mass is 16.2. The fourth-order valence-corrected chi connectivity index (χ4v) is 1.72. The van der Waals surface area contributed by atoms with Crippen LogP contribution in [0.25, 0.3) is 11.3 Å². The van der Waals surface area contributed by atoms with Crippen LogP contribution in [0.2, 0.25) is 0 Å². The van der Waals surface area contributed by atoms with Gasteiger partial charge in [0.15, 0.2) is 0 Å². The third kappa shape index (κ3) is 4.68. The van der Waals surface area contributed by atoms with Crippen LogP contribution in [0.1, 0.15) is 12.6 Å². The molecule has 0 aliphatic heterocycles. The van der Waals surface area contributed by atoms with Gasteiger partial charge in [0.2, 0.25) is 11.8 Å². The Morgan fingerprint density at radius 1 is 1.10 bits per heavy atom. The first-order chi connectivity index (χ1) is 10.1. The van der Waals surface area contributed by atoms with Gasteiger partial charge in [-0.3, -0.25) is 9.59 Å². The number of carbonyl (C=O) groups is 2. The molecule has 21 heavy (non-hydrogen) atoms. The van der Waals surface area contributed by atoms with E-state index in [2.05, 4.69) is 20.6 Å². The number of nitrogens with one attached hydrogen (secondary N) is 2. The molecule has 1 heterocycles. The predicted molar refractivity (Wildman–Crippen MR) is 78.0 cm³/mol. The maximum Gasteiger partial charge on any atom is 0.239 e. The Kier molecular flexibility index (Phi) is 4.98. The zero-order valence-electron chi connectivity index (χ0n) is 11.7. The molecule has 0 bridgehead atoms. The number of amides is 2. The monoisotopic (exact) mass is 284 g/mol. The van der Waals surface area contributed by atoms with Crippen molar-refractivity contribution in [3.63, 3.8) is 0 Å². The predicted octanol–water partition coefficient (Wildman–Crippen LogP) is 0.896. The van der Waals surface area contributed by atoms with Crippen molar-refractivity contribution in [1.29, 1.82) is 0 Å². The van der Waals surface area contributed by atoms with Crippen molar-refractivity contribution in [3.8, 4) is 11.3 Å². The zero-order chi connectivity index (χ0) is 15.1. The smallest absolute Gasteiger partial charge is 0.239 e. The summed E-state index contributed by atoms with van der Waals surface area (Å²) in [4.78, 5) is 30.6. The van der Waals surface area contributed by atoms with Crippen LogP contribution < -0.4 is 10.6 Å². The first-order valence-electron chi connectivity index (χ1n) is 6.52. The summed E-state index contributed by atoms with van der Waals surface area (Å²) in [6, 6.07) is 11.6. The summed E-state index contributed by atoms with van der Waals surface area (Å²) in [5, 5.41) is 5.12. The summed E-state index contributed by atoms with van der Waals surface area (Å²) >= 11 is 0. The van der Waals surface area contributed by atoms with Crippen LogP contribution >= 0.6 is 0 Å². The number of carbonyl (C=O) groups excluding carboxylic acids is 2. The molecule has 108 valence electrons. The number of hydrogen-bond donors (Lipinski definition) is 2. The van der Waals surface area contributed by atoms with E-state index in [4.69, 9.17) is 0 Å². The molecule has 2 N–H and O–H groups in total. The number of nitrogens with zero attached hydrogens (tertiary/aromatic N) is 2. The molecule has 1 aromatic carbocycles. The van der Waals surface area contributed by atoms with Crippen molar-refractivity contribution in [2.75, 3.05) is 6.54 Å². The minimum Gasteiger partial charge on any atom is -0.349 e. The van der Waals surface area contributed by atoms with Gasteiger partial charge in [0.1, 0.15) is 6.33 Å². The second-order valence-corrected chi connectivity index (χ2v) is 4.45. The largest absolute Gasteiger partial charge is 0.349 e. The van der Waals surface area contributed by atoms with Crippen molar-refractivity contribution in [2.45, 2.75) is 13.5 Å². The molecule has 0 saturated heterocycles. The molecule has 0 fully saturated rings. The highest BCUT2D eigenvalue weighted by molar-refractivity contribution is 5.83. The lowest BCUT2D eigenvalue weighted by Gasteiger charge is -2.06. The maximum absolute atomic E-state index is 11.5. The number of aromatic nitrogens is 2. The standard InChI is InChI=1S/C15H16N4O2/c1-11(20)16-9-15(21)17-8-13-7-14(19-10-18-13)12-5-3-2-4-6-12/h2-7,10H,8-9H2,1H3,(H,16,20)(H,17,21). The van der Waals surface area contributed by atoms with Crippen molar-refractivity contribution in [3.05, 3.63) is 48.4 Å². The van der Waals surface area contributed by atoms with E-state index in [1.807, 2.05) is 36.4 Å². The van der Waals surface area contributed by atoms with Crippen molar-refractivity contribution in [2.24, 2.45) is 0 Å². The van der Waals surface area contributed by atoms with Gasteiger partial charge in [-0.05, 0) is 6.07 Å². The van der Waals surface area contributed by atoms with Gasteiger partial charge in [-0.2, -0.15) is 0 Å². The van der Waals surface area contributed by atoms with E-state index in [1.54, 1.807) is 0 Å². The molecule has 0 aliphatic rings. The lowest BCUT2D eigenvalue weighted by atomic mass is 10.1. The summed E-state index contributed by atoms with van der Waals surface area (Å²) in [6.07, 6.45) is 1.47. The van der Waals surface area contributed by atoms with E-state index in [-0.39, 0.29) is 18.4 Å². The maximum atomic E-state index is 11.5. The van der Waals surface area contributed by atoms with Crippen LogP contribution in [-0.4, -0.2) is 28.3 Å². The SMILES string of the molecule is CC(=O)NCC(=O)NCc1cc(-c2ccccc2)ncn1. The highest BCUT2D eigenvalue weighted by Crippen LogP contribution is 2.15. The Balaban J connectivity index is 1.96. The van der Waals surface area contributed by atoms with Gasteiger partial charge in [-0.15, -0.1) is 0 Å². The normalized spacial score (nSPS) is 9.95. The van der Waals surface area contributed by atoms with E-state index in [1.165, 1.54) is 13.3 Å². The first-order valence-corrected chi connectivity index (χ1v) is 6.52. The minimum atomic E-state index is -0.259. The molecular weight excluding hydrogens is 268 g/mol. The zero-order valence-corrected chi connectivity index (χ0v) is 11.7. The van der Waals surface area contributed by atoms with Crippen molar-refractivity contribution >= 4 is 11.8 Å². The van der Waals surface area contributed by atoms with Gasteiger partial charge in [-0.1, -0.05) is 30.3 Å². The van der Waals surface area contributed by atoms with E-state index in [0.29, 0.717) is 12.2 Å². The Labute approximate surface area is 122 Å². The molecule has 0 unspecified atom stereocenters. The molecule has 0 saturated carbocycles. The van der Waals surface area contributed by atoms with Gasteiger partial charge in [0, 0.05) is 12.5 Å². The van der Waals surface area contributed by atoms with Gasteiger partial charge in [0.05, 0.1) is 24.5 Å². The van der Waals surface area contributed by atoms with Gasteiger partial charge in [0.25, 0.3) is 0 Å². The number of benzene rings is 1. The molecule has 0 radical (unpaired) electrons. The van der Waals surface area contributed by atoms with Crippen LogP contribution in [-0.2, 0) is 16.1 Å². The molecule has 0 atom stereocenters. The molecule has 2 rings (SSSR count). The van der Waals surface area contributed by atoms with Crippen LogP contribution in [0.15, 0.2) is 42.7 Å². The molecule has 2 amide bonds. The van der Waals surface area contributed by atoms with Gasteiger partial charge >= 0.3 is 0 Å². The second kappa shape index (κ2) is 7.14. The molecule has 0 aliphatic carbocycles. The van der Waals surface area contributed by atoms with E-state index < -0.39 is 0 Å². The molecular formula is C15H16N4O2. The minimum absolute atomic E-state index is 0.0358. The Hall–Kier alpha value is -2.76. The van der Waals surface area contributed by atoms with E-state index >= 15 is 0 Å². The summed E-state index contributed by atoms with van der Waals surface area (Å²) in [5.41, 5.74) is 2.50. The third-order valence-corrected chi connectivity index (χ3v) is 2.76. The lowest BCUT2D eigenvalue weighted by molar-refractivity contribution is -0.125. The summed E-state index contributed by atoms with van der Waals surface area (Å²) in [5.74, 6) is -0.497. The van der Waals surface area contributed by atoms with Crippen LogP contribution in [0.3, 0.4) is 0 Å². The average Bonchev–Trinajstić information content (AvgIpc) is 2.52. The Morgan fingerprint density at radius 3 is 2.57 bits per heavy atom. The third-order valence-electron chi connectivity index (χ3n) is 2.76. The molecule has 2 aromatic rings. The van der Waals surface area contributed by atoms with Gasteiger partial charge < -0.3 is 10.6 Å². The molecule has 6 heteroatoms. The topological polar surface area (TPSA) is 84.0 Å². The summed E-state index contributed by atoms with van der Waals surface area (Å²) in [7, 11) is 0. The lowest BCUT2D eigenvalue weighted by Crippen LogP contribution is -2.35. The van der Waals surface area contributed by atoms with E-state index in [9.17, 15) is 9.59 Å². The quantitative estimate of drug-likeness (QED) is 0.854. The number of rotatable bonds is 5. The van der Waals surface area contributed by atoms with Crippen LogP contribution in [0.5, 0.6) is 0 Å². The average molecular weight is 284 g/mol. The molecule has 1 aromatic heterocycles. The van der Waals surface area contributed by atoms with Gasteiger partial charge in [-0.25, -0.2) is 9.97 Å². The van der Waals surface area contributed by atoms with Crippen molar-refractivity contribution < 1.29 is 9.59 Å². The first kappa shape index (κ1) is 14.6. The molecule has 6 nitrogen and oxygen atoms in total. The summed E-state index contributed by atoms with van der Waals surface area (Å²) < 4.78 is 0. The second-order valence-electron chi connectivity index (χ2n) is 4.45. The fraction of sp³-hybridized carbons (Fsp3) is 0.200. The molecule has 0 spiro atoms. The van der Waals surface area contributed by atoms with Crippen molar-refractivity contribution in [1.82, 2.24) is 20.6 Å². The van der Waals surface area contributed by atoms with Crippen LogP contribution in [0.4, 0.5) is 0 Å². The van der Waals surface area contributed by atoms with E-state index in [0.717, 1.165) is 11.3 Å². The Morgan fingerprint density at radius 2 is 1.86 bits per heavy atom. The van der Waals surface area contributed by atoms with Crippen LogP contribution in [0, 0.1) is 0 Å². The fourth-order valence-electron chi connectivity index (χ4n) is 1.72. The number of hydrogen-bond acceptors (Lipinski definition) is 4. The summed E-state index contributed by atoms with van der Waals surface area (Å²) in [6.45, 7) is 1.62.